The molecule has 0 bridgehead atoms. The number of halogens is 1. The predicted octanol–water partition coefficient (Wildman–Crippen LogP) is 4.62. The molecule has 0 radical (unpaired) electrons. The number of carbonyl (C=O) groups is 1. The van der Waals surface area contributed by atoms with Crippen molar-refractivity contribution in [3.63, 3.8) is 0 Å². The molecule has 8 nitrogen and oxygen atoms in total. The molecule has 1 amide bonds. The number of carbonyl (C=O) groups excluding carboxylic acids is 1. The van der Waals surface area contributed by atoms with Crippen LogP contribution in [-0.4, -0.2) is 44.2 Å². The summed E-state index contributed by atoms with van der Waals surface area (Å²) in [4.78, 5) is 16.5. The quantitative estimate of drug-likeness (QED) is 0.208. The van der Waals surface area contributed by atoms with Crippen molar-refractivity contribution in [3.05, 3.63) is 83.6 Å². The van der Waals surface area contributed by atoms with E-state index in [4.69, 9.17) is 16.3 Å². The zero-order valence-corrected chi connectivity index (χ0v) is 19.8. The van der Waals surface area contributed by atoms with Gasteiger partial charge in [-0.1, -0.05) is 35.5 Å². The van der Waals surface area contributed by atoms with Crippen molar-refractivity contribution in [2.75, 3.05) is 12.4 Å². The monoisotopic (exact) mass is 492 g/mol. The van der Waals surface area contributed by atoms with Crippen molar-refractivity contribution < 1.29 is 9.53 Å². The Morgan fingerprint density at radius 2 is 1.88 bits per heavy atom. The Kier molecular flexibility index (Phi) is 7.90. The van der Waals surface area contributed by atoms with E-state index in [0.29, 0.717) is 28.4 Å². The lowest BCUT2D eigenvalue weighted by molar-refractivity contribution is -0.118. The molecule has 0 aliphatic rings. The maximum Gasteiger partial charge on any atom is 0.250 e. The number of para-hydroxylation sites is 1. The summed E-state index contributed by atoms with van der Waals surface area (Å²) in [7, 11) is 0. The Morgan fingerprint density at radius 3 is 2.65 bits per heavy atom. The number of hydrogen-bond donors (Lipinski definition) is 1. The highest BCUT2D eigenvalue weighted by Gasteiger charge is 2.17. The number of nitrogens with zero attached hydrogens (tertiary/aromatic N) is 5. The summed E-state index contributed by atoms with van der Waals surface area (Å²) in [6.45, 7) is 2.46. The zero-order valence-electron chi connectivity index (χ0n) is 18.3. The van der Waals surface area contributed by atoms with Gasteiger partial charge in [0.05, 0.1) is 18.6 Å². The van der Waals surface area contributed by atoms with Gasteiger partial charge in [0.15, 0.2) is 11.0 Å². The fourth-order valence-electron chi connectivity index (χ4n) is 3.08. The van der Waals surface area contributed by atoms with Crippen molar-refractivity contribution in [3.8, 4) is 22.8 Å². The molecule has 34 heavy (non-hydrogen) atoms. The van der Waals surface area contributed by atoms with Crippen molar-refractivity contribution in [2.24, 2.45) is 5.10 Å². The van der Waals surface area contributed by atoms with Crippen LogP contribution in [0, 0.1) is 0 Å². The Morgan fingerprint density at radius 1 is 1.12 bits per heavy atom. The summed E-state index contributed by atoms with van der Waals surface area (Å²) in [6, 6.07) is 18.5. The van der Waals surface area contributed by atoms with E-state index in [2.05, 4.69) is 25.7 Å². The Hall–Kier alpha value is -3.69. The van der Waals surface area contributed by atoms with Crippen molar-refractivity contribution in [2.45, 2.75) is 12.1 Å². The fraction of sp³-hybridized carbons (Fsp3) is 0.125. The van der Waals surface area contributed by atoms with Crippen LogP contribution in [0.25, 0.3) is 17.1 Å². The minimum atomic E-state index is -0.272. The van der Waals surface area contributed by atoms with Crippen molar-refractivity contribution >= 4 is 35.5 Å². The van der Waals surface area contributed by atoms with E-state index < -0.39 is 0 Å². The Bertz CT molecular complexity index is 1280. The van der Waals surface area contributed by atoms with Gasteiger partial charge in [0.1, 0.15) is 5.75 Å². The van der Waals surface area contributed by atoms with Crippen LogP contribution in [0.5, 0.6) is 5.75 Å². The first-order valence-corrected chi connectivity index (χ1v) is 11.8. The Labute approximate surface area is 206 Å². The van der Waals surface area contributed by atoms with Crippen LogP contribution in [0.2, 0.25) is 5.02 Å². The summed E-state index contributed by atoms with van der Waals surface area (Å²) in [5.74, 6) is 1.17. The molecule has 2 aromatic heterocycles. The molecule has 0 atom stereocenters. The number of benzene rings is 2. The molecule has 4 aromatic rings. The third-order valence-electron chi connectivity index (χ3n) is 4.60. The number of hydrazone groups is 1. The van der Waals surface area contributed by atoms with Crippen LogP contribution in [0.4, 0.5) is 0 Å². The summed E-state index contributed by atoms with van der Waals surface area (Å²) >= 11 is 7.32. The van der Waals surface area contributed by atoms with Gasteiger partial charge in [-0.2, -0.15) is 5.10 Å². The lowest BCUT2D eigenvalue weighted by Gasteiger charge is -2.10. The Balaban J connectivity index is 1.48. The molecule has 0 aliphatic carbocycles. The number of aromatic nitrogens is 4. The number of amides is 1. The summed E-state index contributed by atoms with van der Waals surface area (Å²) < 4.78 is 7.44. The molecule has 10 heteroatoms. The van der Waals surface area contributed by atoms with Gasteiger partial charge < -0.3 is 4.74 Å². The lowest BCUT2D eigenvalue weighted by Crippen LogP contribution is -2.20. The number of nitrogens with one attached hydrogen (secondary N) is 1. The van der Waals surface area contributed by atoms with Gasteiger partial charge in [-0.05, 0) is 55.5 Å². The van der Waals surface area contributed by atoms with E-state index in [9.17, 15) is 4.79 Å². The molecule has 2 aromatic carbocycles. The van der Waals surface area contributed by atoms with Gasteiger partial charge >= 0.3 is 0 Å². The SMILES string of the molecule is CCOc1ccccc1C=NNC(=O)CSc1nnc(-c2ccncc2)n1-c1ccc(Cl)cc1. The van der Waals surface area contributed by atoms with Gasteiger partial charge in [0.2, 0.25) is 0 Å². The highest BCUT2D eigenvalue weighted by Crippen LogP contribution is 2.28. The van der Waals surface area contributed by atoms with Crippen LogP contribution in [0.15, 0.2) is 83.3 Å². The summed E-state index contributed by atoms with van der Waals surface area (Å²) in [5, 5.41) is 13.9. The van der Waals surface area contributed by atoms with Gasteiger partial charge in [-0.3, -0.25) is 14.3 Å². The standard InChI is InChI=1S/C24H21ClN6O2S/c1-2-33-21-6-4-3-5-18(21)15-27-28-22(32)16-34-24-30-29-23(17-11-13-26-14-12-17)31(24)20-9-7-19(25)8-10-20/h3-15H,2,16H2,1H3,(H,28,32). The average molecular weight is 493 g/mol. The normalized spacial score (nSPS) is 11.0. The van der Waals surface area contributed by atoms with E-state index in [1.54, 1.807) is 30.7 Å². The van der Waals surface area contributed by atoms with E-state index in [-0.39, 0.29) is 11.7 Å². The smallest absolute Gasteiger partial charge is 0.250 e. The average Bonchev–Trinajstić information content (AvgIpc) is 3.29. The van der Waals surface area contributed by atoms with Crippen LogP contribution in [0.1, 0.15) is 12.5 Å². The number of ether oxygens (including phenoxy) is 1. The molecule has 0 aliphatic heterocycles. The van der Waals surface area contributed by atoms with Crippen molar-refractivity contribution in [1.29, 1.82) is 0 Å². The third-order valence-corrected chi connectivity index (χ3v) is 5.78. The lowest BCUT2D eigenvalue weighted by atomic mass is 10.2. The highest BCUT2D eigenvalue weighted by molar-refractivity contribution is 7.99. The van der Waals surface area contributed by atoms with E-state index in [1.807, 2.05) is 60.0 Å². The topological polar surface area (TPSA) is 94.3 Å². The van der Waals surface area contributed by atoms with Crippen LogP contribution in [0.3, 0.4) is 0 Å². The maximum atomic E-state index is 12.4. The molecular weight excluding hydrogens is 472 g/mol. The molecule has 2 heterocycles. The van der Waals surface area contributed by atoms with Crippen LogP contribution < -0.4 is 10.2 Å². The van der Waals surface area contributed by atoms with Crippen LogP contribution >= 0.6 is 23.4 Å². The van der Waals surface area contributed by atoms with Gasteiger partial charge in [-0.15, -0.1) is 10.2 Å². The molecule has 0 fully saturated rings. The van der Waals surface area contributed by atoms with Gasteiger partial charge in [0, 0.05) is 34.2 Å². The minimum absolute atomic E-state index is 0.104. The largest absolute Gasteiger partial charge is 0.493 e. The molecule has 1 N–H and O–H groups in total. The number of rotatable bonds is 9. The van der Waals surface area contributed by atoms with E-state index in [0.717, 1.165) is 16.8 Å². The third kappa shape index (κ3) is 5.81. The maximum absolute atomic E-state index is 12.4. The van der Waals surface area contributed by atoms with Gasteiger partial charge in [-0.25, -0.2) is 5.43 Å². The molecule has 0 saturated heterocycles. The second-order valence-electron chi connectivity index (χ2n) is 6.91. The molecule has 0 unspecified atom stereocenters. The number of thioether (sulfide) groups is 1. The first-order valence-electron chi connectivity index (χ1n) is 10.4. The molecule has 172 valence electrons. The first-order chi connectivity index (χ1) is 16.7. The molecule has 0 spiro atoms. The number of pyridine rings is 1. The fourth-order valence-corrected chi connectivity index (χ4v) is 3.95. The van der Waals surface area contributed by atoms with Crippen LogP contribution in [-0.2, 0) is 4.79 Å². The summed E-state index contributed by atoms with van der Waals surface area (Å²) in [6.07, 6.45) is 4.95. The second-order valence-corrected chi connectivity index (χ2v) is 8.29. The van der Waals surface area contributed by atoms with Crippen molar-refractivity contribution in [1.82, 2.24) is 25.2 Å². The zero-order chi connectivity index (χ0) is 23.8. The van der Waals surface area contributed by atoms with Gasteiger partial charge in [0.25, 0.3) is 5.91 Å². The second kappa shape index (κ2) is 11.4. The summed E-state index contributed by atoms with van der Waals surface area (Å²) in [5.41, 5.74) is 5.01. The van der Waals surface area contributed by atoms with E-state index >= 15 is 0 Å². The predicted molar refractivity (Wildman–Crippen MR) is 134 cm³/mol. The number of hydrogen-bond acceptors (Lipinski definition) is 7. The highest BCUT2D eigenvalue weighted by atomic mass is 35.5. The molecule has 0 saturated carbocycles. The minimum Gasteiger partial charge on any atom is -0.493 e. The first kappa shape index (κ1) is 23.5. The molecular formula is C24H21ClN6O2S. The molecule has 4 rings (SSSR count). The van der Waals surface area contributed by atoms with E-state index in [1.165, 1.54) is 11.8 Å².